The number of carbonyl (C=O) groups excluding carboxylic acids is 2. The molecule has 1 heterocycles. The van der Waals surface area contributed by atoms with Gasteiger partial charge in [-0.15, -0.1) is 0 Å². The number of hydrogen-bond donors (Lipinski definition) is 1. The Kier molecular flexibility index (Phi) is 2.94. The molecule has 0 radical (unpaired) electrons. The number of halogens is 1. The van der Waals surface area contributed by atoms with Gasteiger partial charge in [0.1, 0.15) is 5.82 Å². The summed E-state index contributed by atoms with van der Waals surface area (Å²) in [5.41, 5.74) is 0.110. The van der Waals surface area contributed by atoms with Crippen LogP contribution in [0.2, 0.25) is 0 Å². The van der Waals surface area contributed by atoms with E-state index in [-0.39, 0.29) is 5.69 Å². The number of anilines is 1. The Bertz CT molecular complexity index is 624. The van der Waals surface area contributed by atoms with Gasteiger partial charge in [0, 0.05) is 11.1 Å². The lowest BCUT2D eigenvalue weighted by Gasteiger charge is -2.15. The van der Waals surface area contributed by atoms with Gasteiger partial charge in [-0.1, -0.05) is 0 Å². The lowest BCUT2D eigenvalue weighted by Crippen LogP contribution is -2.31. The molecule has 0 bridgehead atoms. The van der Waals surface area contributed by atoms with Crippen LogP contribution in [-0.4, -0.2) is 22.9 Å². The van der Waals surface area contributed by atoms with Gasteiger partial charge in [0.05, 0.1) is 11.3 Å². The van der Waals surface area contributed by atoms with Crippen LogP contribution in [0.1, 0.15) is 24.2 Å². The third-order valence-corrected chi connectivity index (χ3v) is 3.05. The van der Waals surface area contributed by atoms with Gasteiger partial charge in [-0.3, -0.25) is 9.59 Å². The van der Waals surface area contributed by atoms with Gasteiger partial charge < -0.3 is 5.11 Å². The minimum atomic E-state index is -1.41. The minimum absolute atomic E-state index is 0.0219. The van der Waals surface area contributed by atoms with E-state index in [0.717, 1.165) is 17.0 Å². The number of hydrogen-bond acceptors (Lipinski definition) is 3. The molecular formula is C13H10FNO4. The predicted molar refractivity (Wildman–Crippen MR) is 64.2 cm³/mol. The summed E-state index contributed by atoms with van der Waals surface area (Å²) >= 11 is 0. The van der Waals surface area contributed by atoms with Crippen LogP contribution in [0.5, 0.6) is 0 Å². The lowest BCUT2D eigenvalue weighted by atomic mass is 10.2. The normalized spacial score (nSPS) is 15.4. The fraction of sp³-hybridized carbons (Fsp3) is 0.154. The summed E-state index contributed by atoms with van der Waals surface area (Å²) in [7, 11) is 0. The number of nitrogens with zero attached hydrogens (tertiary/aromatic N) is 1. The topological polar surface area (TPSA) is 74.7 Å². The highest BCUT2D eigenvalue weighted by Crippen LogP contribution is 2.27. The van der Waals surface area contributed by atoms with Gasteiger partial charge in [-0.05, 0) is 32.0 Å². The standard InChI is InChI=1S/C13H10FNO4/c1-6-7(2)12(17)15(11(6)16)8-3-4-9(13(18)19)10(14)5-8/h3-5H,1-2H3,(H,18,19). The molecule has 6 heteroatoms. The number of benzene rings is 1. The van der Waals surface area contributed by atoms with Crippen molar-refractivity contribution in [1.29, 1.82) is 0 Å². The number of imide groups is 1. The fourth-order valence-corrected chi connectivity index (χ4v) is 1.80. The average molecular weight is 263 g/mol. The van der Waals surface area contributed by atoms with Crippen LogP contribution in [0.15, 0.2) is 29.3 Å². The summed E-state index contributed by atoms with van der Waals surface area (Å²) in [5.74, 6) is -3.45. The first-order valence-corrected chi connectivity index (χ1v) is 5.43. The monoisotopic (exact) mass is 263 g/mol. The van der Waals surface area contributed by atoms with Gasteiger partial charge in [0.2, 0.25) is 0 Å². The van der Waals surface area contributed by atoms with Crippen LogP contribution >= 0.6 is 0 Å². The van der Waals surface area contributed by atoms with Crippen molar-refractivity contribution in [2.24, 2.45) is 0 Å². The first kappa shape index (κ1) is 12.9. The van der Waals surface area contributed by atoms with Crippen molar-refractivity contribution in [3.8, 4) is 0 Å². The Balaban J connectivity index is 2.46. The molecule has 1 aromatic rings. The second-order valence-electron chi connectivity index (χ2n) is 4.17. The van der Waals surface area contributed by atoms with E-state index in [4.69, 9.17) is 5.11 Å². The Labute approximate surface area is 107 Å². The molecule has 1 N–H and O–H groups in total. The largest absolute Gasteiger partial charge is 0.478 e. The molecule has 0 spiro atoms. The quantitative estimate of drug-likeness (QED) is 0.824. The molecule has 0 fully saturated rings. The number of carboxylic acid groups (broad SMARTS) is 1. The Morgan fingerprint density at radius 2 is 1.68 bits per heavy atom. The van der Waals surface area contributed by atoms with Crippen LogP contribution in [0, 0.1) is 5.82 Å². The number of carboxylic acids is 1. The Hall–Kier alpha value is -2.50. The molecule has 5 nitrogen and oxygen atoms in total. The van der Waals surface area contributed by atoms with Gasteiger partial charge in [-0.2, -0.15) is 0 Å². The van der Waals surface area contributed by atoms with Gasteiger partial charge >= 0.3 is 5.97 Å². The molecule has 1 aromatic carbocycles. The van der Waals surface area contributed by atoms with Crippen molar-refractivity contribution in [3.63, 3.8) is 0 Å². The van der Waals surface area contributed by atoms with Crippen molar-refractivity contribution >= 4 is 23.5 Å². The molecule has 0 aromatic heterocycles. The Morgan fingerprint density at radius 1 is 1.16 bits per heavy atom. The second-order valence-corrected chi connectivity index (χ2v) is 4.17. The van der Waals surface area contributed by atoms with Gasteiger partial charge in [-0.25, -0.2) is 14.1 Å². The van der Waals surface area contributed by atoms with Crippen molar-refractivity contribution < 1.29 is 23.9 Å². The number of amides is 2. The number of rotatable bonds is 2. The maximum atomic E-state index is 13.6. The van der Waals surface area contributed by atoms with Crippen LogP contribution in [0.3, 0.4) is 0 Å². The van der Waals surface area contributed by atoms with E-state index < -0.39 is 29.2 Å². The molecule has 0 unspecified atom stereocenters. The number of aromatic carboxylic acids is 1. The van der Waals surface area contributed by atoms with Crippen LogP contribution in [0.4, 0.5) is 10.1 Å². The second kappa shape index (κ2) is 4.31. The minimum Gasteiger partial charge on any atom is -0.478 e. The first-order valence-electron chi connectivity index (χ1n) is 5.43. The smallest absolute Gasteiger partial charge is 0.338 e. The molecule has 2 amide bonds. The highest BCUT2D eigenvalue weighted by Gasteiger charge is 2.34. The van der Waals surface area contributed by atoms with E-state index in [1.807, 2.05) is 0 Å². The summed E-state index contributed by atoms with van der Waals surface area (Å²) in [6.07, 6.45) is 0. The highest BCUT2D eigenvalue weighted by atomic mass is 19.1. The number of carbonyl (C=O) groups is 3. The lowest BCUT2D eigenvalue weighted by molar-refractivity contribution is -0.120. The summed E-state index contributed by atoms with van der Waals surface area (Å²) in [4.78, 5) is 35.3. The first-order chi connectivity index (χ1) is 8.84. The maximum absolute atomic E-state index is 13.6. The van der Waals surface area contributed by atoms with E-state index in [1.165, 1.54) is 19.9 Å². The third-order valence-electron chi connectivity index (χ3n) is 3.05. The van der Waals surface area contributed by atoms with Crippen molar-refractivity contribution in [2.75, 3.05) is 4.90 Å². The zero-order valence-electron chi connectivity index (χ0n) is 10.2. The molecule has 2 rings (SSSR count). The molecule has 0 atom stereocenters. The molecule has 1 aliphatic rings. The molecule has 0 aliphatic carbocycles. The van der Waals surface area contributed by atoms with Crippen molar-refractivity contribution in [2.45, 2.75) is 13.8 Å². The van der Waals surface area contributed by atoms with E-state index in [9.17, 15) is 18.8 Å². The van der Waals surface area contributed by atoms with Crippen LogP contribution in [0.25, 0.3) is 0 Å². The zero-order chi connectivity index (χ0) is 14.3. The summed E-state index contributed by atoms with van der Waals surface area (Å²) < 4.78 is 13.6. The third kappa shape index (κ3) is 1.91. The maximum Gasteiger partial charge on any atom is 0.338 e. The van der Waals surface area contributed by atoms with E-state index in [0.29, 0.717) is 11.1 Å². The SMILES string of the molecule is CC1=C(C)C(=O)N(c2ccc(C(=O)O)c(F)c2)C1=O. The van der Waals surface area contributed by atoms with Gasteiger partial charge in [0.15, 0.2) is 0 Å². The molecule has 0 saturated heterocycles. The van der Waals surface area contributed by atoms with Crippen LogP contribution in [-0.2, 0) is 9.59 Å². The molecule has 19 heavy (non-hydrogen) atoms. The highest BCUT2D eigenvalue weighted by molar-refractivity contribution is 6.32. The Morgan fingerprint density at radius 3 is 2.11 bits per heavy atom. The van der Waals surface area contributed by atoms with E-state index >= 15 is 0 Å². The zero-order valence-corrected chi connectivity index (χ0v) is 10.2. The predicted octanol–water partition coefficient (Wildman–Crippen LogP) is 1.73. The van der Waals surface area contributed by atoms with Crippen molar-refractivity contribution in [1.82, 2.24) is 0 Å². The van der Waals surface area contributed by atoms with Crippen molar-refractivity contribution in [3.05, 3.63) is 40.7 Å². The molecule has 0 saturated carbocycles. The summed E-state index contributed by atoms with van der Waals surface area (Å²) in [6, 6.07) is 3.12. The average Bonchev–Trinajstić information content (AvgIpc) is 2.53. The van der Waals surface area contributed by atoms with E-state index in [2.05, 4.69) is 0 Å². The molecule has 1 aliphatic heterocycles. The molecular weight excluding hydrogens is 253 g/mol. The van der Waals surface area contributed by atoms with Gasteiger partial charge in [0.25, 0.3) is 11.8 Å². The molecule has 98 valence electrons. The van der Waals surface area contributed by atoms with Crippen LogP contribution < -0.4 is 4.90 Å². The van der Waals surface area contributed by atoms with E-state index in [1.54, 1.807) is 0 Å². The summed E-state index contributed by atoms with van der Waals surface area (Å²) in [6.45, 7) is 3.02. The summed E-state index contributed by atoms with van der Waals surface area (Å²) in [5, 5.41) is 8.71. The fourth-order valence-electron chi connectivity index (χ4n) is 1.80.